The van der Waals surface area contributed by atoms with E-state index in [0.717, 1.165) is 10.5 Å². The zero-order chi connectivity index (χ0) is 25.7. The first-order chi connectivity index (χ1) is 17.4. The smallest absolute Gasteiger partial charge is 0.308 e. The van der Waals surface area contributed by atoms with E-state index in [1.807, 2.05) is 30.3 Å². The lowest BCUT2D eigenvalue weighted by Gasteiger charge is -2.28. The molecule has 8 nitrogen and oxygen atoms in total. The maximum Gasteiger partial charge on any atom is 0.308 e. The average molecular weight is 487 g/mol. The van der Waals surface area contributed by atoms with Gasteiger partial charge in [0.1, 0.15) is 17.5 Å². The molecule has 1 unspecified atom stereocenters. The zero-order valence-electron chi connectivity index (χ0n) is 20.0. The minimum atomic E-state index is -0.941. The highest BCUT2D eigenvalue weighted by molar-refractivity contribution is 6.23. The Morgan fingerprint density at radius 3 is 2.17 bits per heavy atom. The molecule has 0 saturated carbocycles. The van der Waals surface area contributed by atoms with Crippen LogP contribution in [0.3, 0.4) is 0 Å². The number of imide groups is 1. The summed E-state index contributed by atoms with van der Waals surface area (Å²) < 4.78 is 10.2. The van der Waals surface area contributed by atoms with Crippen molar-refractivity contribution in [3.63, 3.8) is 0 Å². The molecule has 1 heterocycles. The molecule has 0 radical (unpaired) electrons. The van der Waals surface area contributed by atoms with Crippen molar-refractivity contribution >= 4 is 29.4 Å². The van der Waals surface area contributed by atoms with E-state index in [1.54, 1.807) is 31.4 Å². The van der Waals surface area contributed by atoms with Gasteiger partial charge in [-0.25, -0.2) is 4.90 Å². The Balaban J connectivity index is 1.60. The Kier molecular flexibility index (Phi) is 7.44. The zero-order valence-corrected chi connectivity index (χ0v) is 20.0. The van der Waals surface area contributed by atoms with E-state index in [9.17, 15) is 19.2 Å². The van der Waals surface area contributed by atoms with Crippen LogP contribution in [0.15, 0.2) is 78.9 Å². The topological polar surface area (TPSA) is 93.2 Å². The highest BCUT2D eigenvalue weighted by Crippen LogP contribution is 2.29. The van der Waals surface area contributed by atoms with Crippen molar-refractivity contribution in [3.8, 4) is 11.5 Å². The molecule has 0 N–H and O–H groups in total. The molecular formula is C28H26N2O6. The Bertz CT molecular complexity index is 1260. The number of nitrogens with zero attached hydrogens (tertiary/aromatic N) is 2. The van der Waals surface area contributed by atoms with Gasteiger partial charge in [0, 0.05) is 19.0 Å². The van der Waals surface area contributed by atoms with Crippen LogP contribution in [0.5, 0.6) is 11.5 Å². The van der Waals surface area contributed by atoms with Crippen molar-refractivity contribution < 1.29 is 28.7 Å². The largest absolute Gasteiger partial charge is 0.497 e. The summed E-state index contributed by atoms with van der Waals surface area (Å²) in [6.45, 7) is 1.55. The Labute approximate surface area is 209 Å². The van der Waals surface area contributed by atoms with Gasteiger partial charge in [-0.1, -0.05) is 30.3 Å². The van der Waals surface area contributed by atoms with Crippen LogP contribution < -0.4 is 14.4 Å². The number of rotatable bonds is 8. The summed E-state index contributed by atoms with van der Waals surface area (Å²) in [5, 5.41) is 0. The highest BCUT2D eigenvalue weighted by atomic mass is 16.5. The molecule has 0 bridgehead atoms. The van der Waals surface area contributed by atoms with Gasteiger partial charge in [-0.15, -0.1) is 0 Å². The average Bonchev–Trinajstić information content (AvgIpc) is 3.18. The normalized spacial score (nSPS) is 15.1. The van der Waals surface area contributed by atoms with E-state index in [-0.39, 0.29) is 18.9 Å². The van der Waals surface area contributed by atoms with Crippen molar-refractivity contribution in [1.82, 2.24) is 4.90 Å². The van der Waals surface area contributed by atoms with Crippen molar-refractivity contribution in [1.29, 1.82) is 0 Å². The molecule has 1 aliphatic rings. The number of hydrogen-bond acceptors (Lipinski definition) is 6. The SMILES string of the molecule is COc1ccc(C(=O)N(CCc2ccccc2)C2CC(=O)N(c3ccc(OC(C)=O)cc3)C2=O)cc1. The molecule has 3 aromatic carbocycles. The van der Waals surface area contributed by atoms with Crippen molar-refractivity contribution in [3.05, 3.63) is 90.0 Å². The van der Waals surface area contributed by atoms with E-state index >= 15 is 0 Å². The van der Waals surface area contributed by atoms with Gasteiger partial charge >= 0.3 is 5.97 Å². The summed E-state index contributed by atoms with van der Waals surface area (Å²) in [6, 6.07) is 21.5. The molecule has 1 saturated heterocycles. The molecule has 36 heavy (non-hydrogen) atoms. The molecule has 8 heteroatoms. The third kappa shape index (κ3) is 5.43. The summed E-state index contributed by atoms with van der Waals surface area (Å²) in [6.07, 6.45) is 0.402. The van der Waals surface area contributed by atoms with Crippen LogP contribution in [0.1, 0.15) is 29.3 Å². The monoisotopic (exact) mass is 486 g/mol. The summed E-state index contributed by atoms with van der Waals surface area (Å²) in [5.41, 5.74) is 1.76. The lowest BCUT2D eigenvalue weighted by molar-refractivity contribution is -0.132. The minimum Gasteiger partial charge on any atom is -0.497 e. The molecule has 1 aliphatic heterocycles. The first kappa shape index (κ1) is 24.7. The Hall–Kier alpha value is -4.46. The van der Waals surface area contributed by atoms with Gasteiger partial charge in [0.25, 0.3) is 11.8 Å². The van der Waals surface area contributed by atoms with Crippen LogP contribution in [0, 0.1) is 0 Å². The molecular weight excluding hydrogens is 460 g/mol. The molecule has 3 aromatic rings. The molecule has 4 rings (SSSR count). The lowest BCUT2D eigenvalue weighted by Crippen LogP contribution is -2.46. The third-order valence-corrected chi connectivity index (χ3v) is 5.94. The fraction of sp³-hybridized carbons (Fsp3) is 0.214. The summed E-state index contributed by atoms with van der Waals surface area (Å²) in [5.74, 6) is -0.777. The van der Waals surface area contributed by atoms with Gasteiger partial charge in [-0.05, 0) is 60.5 Å². The molecule has 1 atom stereocenters. The number of amides is 3. The van der Waals surface area contributed by atoms with Gasteiger partial charge in [0.15, 0.2) is 0 Å². The maximum atomic E-state index is 13.6. The highest BCUT2D eigenvalue weighted by Gasteiger charge is 2.44. The second kappa shape index (κ2) is 10.9. The maximum absolute atomic E-state index is 13.6. The van der Waals surface area contributed by atoms with Gasteiger partial charge in [-0.3, -0.25) is 19.2 Å². The van der Waals surface area contributed by atoms with Crippen molar-refractivity contribution in [2.45, 2.75) is 25.8 Å². The molecule has 184 valence electrons. The number of carbonyl (C=O) groups excluding carboxylic acids is 4. The van der Waals surface area contributed by atoms with Crippen LogP contribution in [0.2, 0.25) is 0 Å². The third-order valence-electron chi connectivity index (χ3n) is 5.94. The van der Waals surface area contributed by atoms with Gasteiger partial charge in [-0.2, -0.15) is 0 Å². The van der Waals surface area contributed by atoms with Gasteiger partial charge < -0.3 is 14.4 Å². The second-order valence-electron chi connectivity index (χ2n) is 8.34. The van der Waals surface area contributed by atoms with E-state index in [4.69, 9.17) is 9.47 Å². The molecule has 0 aromatic heterocycles. The summed E-state index contributed by atoms with van der Waals surface area (Å²) >= 11 is 0. The van der Waals surface area contributed by atoms with Crippen molar-refractivity contribution in [2.75, 3.05) is 18.6 Å². The summed E-state index contributed by atoms with van der Waals surface area (Å²) in [4.78, 5) is 53.7. The van der Waals surface area contributed by atoms with Crippen LogP contribution in [0.25, 0.3) is 0 Å². The molecule has 3 amide bonds. The predicted molar refractivity (Wildman–Crippen MR) is 133 cm³/mol. The summed E-state index contributed by atoms with van der Waals surface area (Å²) in [7, 11) is 1.54. The van der Waals surface area contributed by atoms with E-state index in [1.165, 1.54) is 36.1 Å². The van der Waals surface area contributed by atoms with Gasteiger partial charge in [0.2, 0.25) is 5.91 Å². The Morgan fingerprint density at radius 2 is 1.56 bits per heavy atom. The fourth-order valence-corrected chi connectivity index (χ4v) is 4.15. The molecule has 0 aliphatic carbocycles. The van der Waals surface area contributed by atoms with Crippen molar-refractivity contribution in [2.24, 2.45) is 0 Å². The lowest BCUT2D eigenvalue weighted by atomic mass is 10.1. The number of carbonyl (C=O) groups is 4. The van der Waals surface area contributed by atoms with Crippen LogP contribution in [-0.2, 0) is 20.8 Å². The molecule has 1 fully saturated rings. The van der Waals surface area contributed by atoms with Crippen LogP contribution in [-0.4, -0.2) is 48.3 Å². The second-order valence-corrected chi connectivity index (χ2v) is 8.34. The van der Waals surface area contributed by atoms with Crippen LogP contribution >= 0.6 is 0 Å². The standard InChI is InChI=1S/C28H26N2O6/c1-19(31)36-24-14-10-22(11-15-24)30-26(32)18-25(28(30)34)29(17-16-20-6-4-3-5-7-20)27(33)21-8-12-23(35-2)13-9-21/h3-15,25H,16-18H2,1-2H3. The Morgan fingerprint density at radius 1 is 0.917 bits per heavy atom. The number of hydrogen-bond donors (Lipinski definition) is 0. The minimum absolute atomic E-state index is 0.124. The molecule has 0 spiro atoms. The first-order valence-corrected chi connectivity index (χ1v) is 11.5. The van der Waals surface area contributed by atoms with Gasteiger partial charge in [0.05, 0.1) is 19.2 Å². The number of esters is 1. The number of ether oxygens (including phenoxy) is 2. The predicted octanol–water partition coefficient (Wildman–Crippen LogP) is 3.64. The fourth-order valence-electron chi connectivity index (χ4n) is 4.15. The van der Waals surface area contributed by atoms with E-state index in [2.05, 4.69) is 0 Å². The van der Waals surface area contributed by atoms with E-state index < -0.39 is 23.8 Å². The quantitative estimate of drug-likeness (QED) is 0.274. The van der Waals surface area contributed by atoms with Crippen LogP contribution in [0.4, 0.5) is 5.69 Å². The first-order valence-electron chi connectivity index (χ1n) is 11.5. The number of methoxy groups -OCH3 is 1. The van der Waals surface area contributed by atoms with E-state index in [0.29, 0.717) is 29.2 Å². The number of benzene rings is 3. The number of anilines is 1.